The normalized spacial score (nSPS) is 25.4. The second-order valence-electron chi connectivity index (χ2n) is 4.39. The molecule has 0 aromatic rings. The van der Waals surface area contributed by atoms with Crippen molar-refractivity contribution in [1.82, 2.24) is 10.6 Å². The van der Waals surface area contributed by atoms with Gasteiger partial charge in [-0.05, 0) is 20.3 Å². The maximum absolute atomic E-state index is 11.5. The molecule has 0 aromatic carbocycles. The molecule has 0 spiro atoms. The molecule has 78 valence electrons. The first-order valence-corrected chi connectivity index (χ1v) is 5.03. The lowest BCUT2D eigenvalue weighted by atomic mass is 10.0. The van der Waals surface area contributed by atoms with Gasteiger partial charge in [0.1, 0.15) is 11.4 Å². The van der Waals surface area contributed by atoms with E-state index in [-0.39, 0.29) is 11.6 Å². The Kier molecular flexibility index (Phi) is 2.13. The number of cyclic esters (lactones) is 1. The summed E-state index contributed by atoms with van der Waals surface area (Å²) in [7, 11) is 0. The van der Waals surface area contributed by atoms with Crippen molar-refractivity contribution in [3.63, 3.8) is 0 Å². The molecular formula is C10H16N2O2. The molecule has 0 atom stereocenters. The van der Waals surface area contributed by atoms with Crippen molar-refractivity contribution in [2.24, 2.45) is 0 Å². The van der Waals surface area contributed by atoms with Gasteiger partial charge in [-0.3, -0.25) is 0 Å². The molecule has 2 N–H and O–H groups in total. The van der Waals surface area contributed by atoms with Crippen LogP contribution in [0.2, 0.25) is 0 Å². The van der Waals surface area contributed by atoms with Crippen LogP contribution in [0, 0.1) is 0 Å². The average Bonchev–Trinajstić information content (AvgIpc) is 2.41. The van der Waals surface area contributed by atoms with Gasteiger partial charge in [-0.2, -0.15) is 0 Å². The highest BCUT2D eigenvalue weighted by Crippen LogP contribution is 2.30. The summed E-state index contributed by atoms with van der Waals surface area (Å²) in [5, 5.41) is 6.39. The highest BCUT2D eigenvalue weighted by Gasteiger charge is 2.37. The molecule has 2 rings (SSSR count). The molecular weight excluding hydrogens is 180 g/mol. The van der Waals surface area contributed by atoms with Crippen LogP contribution in [0.1, 0.15) is 26.7 Å². The number of carbonyl (C=O) groups is 1. The molecule has 2 fully saturated rings. The highest BCUT2D eigenvalue weighted by molar-refractivity contribution is 5.91. The summed E-state index contributed by atoms with van der Waals surface area (Å²) in [6.07, 6.45) is 1.77. The van der Waals surface area contributed by atoms with Crippen LogP contribution in [-0.4, -0.2) is 24.7 Å². The molecule has 0 saturated carbocycles. The number of nitrogens with one attached hydrogen (secondary N) is 2. The zero-order valence-corrected chi connectivity index (χ0v) is 8.64. The van der Waals surface area contributed by atoms with E-state index in [9.17, 15) is 4.79 Å². The van der Waals surface area contributed by atoms with E-state index >= 15 is 0 Å². The summed E-state index contributed by atoms with van der Waals surface area (Å²) in [6.45, 7) is 5.72. The fraction of sp³-hybridized carbons (Fsp3) is 0.700. The Balaban J connectivity index is 2.21. The summed E-state index contributed by atoms with van der Waals surface area (Å²) < 4.78 is 5.24. The van der Waals surface area contributed by atoms with Gasteiger partial charge in [0.05, 0.1) is 5.57 Å². The number of hydrogen-bond acceptors (Lipinski definition) is 4. The summed E-state index contributed by atoms with van der Waals surface area (Å²) >= 11 is 0. The molecule has 4 heteroatoms. The van der Waals surface area contributed by atoms with Gasteiger partial charge in [0.15, 0.2) is 0 Å². The van der Waals surface area contributed by atoms with Crippen molar-refractivity contribution in [2.45, 2.75) is 32.3 Å². The summed E-state index contributed by atoms with van der Waals surface area (Å²) in [5.41, 5.74) is 0.412. The topological polar surface area (TPSA) is 50.4 Å². The maximum Gasteiger partial charge on any atom is 0.338 e. The predicted molar refractivity (Wildman–Crippen MR) is 52.4 cm³/mol. The van der Waals surface area contributed by atoms with Gasteiger partial charge in [0.25, 0.3) is 0 Å². The van der Waals surface area contributed by atoms with Gasteiger partial charge in [-0.15, -0.1) is 0 Å². The standard InChI is InChI=1S/C10H16N2O2/c1-10(2)6-7(9(13)14-10)8-11-4-3-5-12-8/h11-12H,3-6H2,1-2H3. The van der Waals surface area contributed by atoms with E-state index in [2.05, 4.69) is 10.6 Å². The number of carbonyl (C=O) groups excluding carboxylic acids is 1. The minimum absolute atomic E-state index is 0.188. The van der Waals surface area contributed by atoms with Crippen LogP contribution < -0.4 is 10.6 Å². The molecule has 0 aromatic heterocycles. The summed E-state index contributed by atoms with van der Waals surface area (Å²) in [5.74, 6) is 0.679. The van der Waals surface area contributed by atoms with Crippen LogP contribution in [0.4, 0.5) is 0 Å². The van der Waals surface area contributed by atoms with Crippen LogP contribution in [0.5, 0.6) is 0 Å². The molecule has 2 aliphatic heterocycles. The summed E-state index contributed by atoms with van der Waals surface area (Å²) in [6, 6.07) is 0. The highest BCUT2D eigenvalue weighted by atomic mass is 16.6. The van der Waals surface area contributed by atoms with Gasteiger partial charge < -0.3 is 15.4 Å². The Labute approximate surface area is 83.7 Å². The van der Waals surface area contributed by atoms with Gasteiger partial charge in [-0.1, -0.05) is 0 Å². The van der Waals surface area contributed by atoms with E-state index in [1.807, 2.05) is 13.8 Å². The second kappa shape index (κ2) is 3.19. The Morgan fingerprint density at radius 2 is 1.93 bits per heavy atom. The van der Waals surface area contributed by atoms with Crippen LogP contribution in [0.3, 0.4) is 0 Å². The van der Waals surface area contributed by atoms with Crippen LogP contribution in [-0.2, 0) is 9.53 Å². The van der Waals surface area contributed by atoms with Crippen molar-refractivity contribution in [3.05, 3.63) is 11.4 Å². The number of esters is 1. The minimum Gasteiger partial charge on any atom is -0.456 e. The first-order valence-electron chi connectivity index (χ1n) is 5.03. The molecule has 4 nitrogen and oxygen atoms in total. The van der Waals surface area contributed by atoms with E-state index in [0.29, 0.717) is 6.42 Å². The number of ether oxygens (including phenoxy) is 1. The molecule has 0 aliphatic carbocycles. The Bertz CT molecular complexity index is 286. The maximum atomic E-state index is 11.5. The second-order valence-corrected chi connectivity index (χ2v) is 4.39. The number of rotatable bonds is 0. The van der Waals surface area contributed by atoms with E-state index in [1.54, 1.807) is 0 Å². The Morgan fingerprint density at radius 1 is 1.29 bits per heavy atom. The monoisotopic (exact) mass is 196 g/mol. The van der Waals surface area contributed by atoms with E-state index < -0.39 is 0 Å². The molecule has 2 aliphatic rings. The van der Waals surface area contributed by atoms with Crippen molar-refractivity contribution in [2.75, 3.05) is 13.1 Å². The fourth-order valence-corrected chi connectivity index (χ4v) is 1.83. The van der Waals surface area contributed by atoms with Crippen LogP contribution in [0.15, 0.2) is 11.4 Å². The third kappa shape index (κ3) is 1.69. The van der Waals surface area contributed by atoms with Gasteiger partial charge >= 0.3 is 5.97 Å². The first-order chi connectivity index (χ1) is 6.58. The van der Waals surface area contributed by atoms with Gasteiger partial charge in [-0.25, -0.2) is 4.79 Å². The molecule has 0 radical (unpaired) electrons. The lowest BCUT2D eigenvalue weighted by Gasteiger charge is -2.20. The van der Waals surface area contributed by atoms with Crippen molar-refractivity contribution in [3.8, 4) is 0 Å². The van der Waals surface area contributed by atoms with E-state index in [1.165, 1.54) is 0 Å². The van der Waals surface area contributed by atoms with Crippen molar-refractivity contribution in [1.29, 1.82) is 0 Å². The van der Waals surface area contributed by atoms with Gasteiger partial charge in [0, 0.05) is 19.5 Å². The molecule has 2 heterocycles. The predicted octanol–water partition coefficient (Wildman–Crippen LogP) is 0.506. The summed E-state index contributed by atoms with van der Waals surface area (Å²) in [4.78, 5) is 11.5. The molecule has 14 heavy (non-hydrogen) atoms. The smallest absolute Gasteiger partial charge is 0.338 e. The first kappa shape index (κ1) is 9.37. The zero-order chi connectivity index (χ0) is 10.2. The molecule has 0 amide bonds. The van der Waals surface area contributed by atoms with Crippen LogP contribution in [0.25, 0.3) is 0 Å². The average molecular weight is 196 g/mol. The van der Waals surface area contributed by atoms with E-state index in [4.69, 9.17) is 4.74 Å². The zero-order valence-electron chi connectivity index (χ0n) is 8.64. The molecule has 2 saturated heterocycles. The Hall–Kier alpha value is -1.19. The SMILES string of the molecule is CC1(C)CC(=C2NCCCN2)C(=O)O1. The third-order valence-corrected chi connectivity index (χ3v) is 2.48. The van der Waals surface area contributed by atoms with Gasteiger partial charge in [0.2, 0.25) is 0 Å². The fourth-order valence-electron chi connectivity index (χ4n) is 1.83. The largest absolute Gasteiger partial charge is 0.456 e. The Morgan fingerprint density at radius 3 is 2.43 bits per heavy atom. The minimum atomic E-state index is -0.347. The van der Waals surface area contributed by atoms with E-state index in [0.717, 1.165) is 30.9 Å². The van der Waals surface area contributed by atoms with Crippen molar-refractivity contribution < 1.29 is 9.53 Å². The molecule has 0 unspecified atom stereocenters. The van der Waals surface area contributed by atoms with Crippen LogP contribution >= 0.6 is 0 Å². The lowest BCUT2D eigenvalue weighted by molar-refractivity contribution is -0.143. The molecule has 0 bridgehead atoms. The van der Waals surface area contributed by atoms with Crippen molar-refractivity contribution >= 4 is 5.97 Å². The lowest BCUT2D eigenvalue weighted by Crippen LogP contribution is -2.36. The quantitative estimate of drug-likeness (QED) is 0.438. The third-order valence-electron chi connectivity index (χ3n) is 2.48. The number of hydrogen-bond donors (Lipinski definition) is 2.